The summed E-state index contributed by atoms with van der Waals surface area (Å²) in [4.78, 5) is 4.10. The summed E-state index contributed by atoms with van der Waals surface area (Å²) in [5.74, 6) is 0.602. The number of aliphatic imine (C=N–C) groups is 1. The third-order valence-electron chi connectivity index (χ3n) is 1.47. The number of benzene rings is 1. The molecule has 0 radical (unpaired) electrons. The smallest absolute Gasteiger partial charge is 0.125 e. The van der Waals surface area contributed by atoms with E-state index in [1.165, 1.54) is 0 Å². The van der Waals surface area contributed by atoms with E-state index in [1.807, 2.05) is 31.2 Å². The Hall–Kier alpha value is -0.540. The van der Waals surface area contributed by atoms with E-state index >= 15 is 0 Å². The summed E-state index contributed by atoms with van der Waals surface area (Å²) in [6, 6.07) is 7.79. The van der Waals surface area contributed by atoms with Crippen molar-refractivity contribution in [1.29, 1.82) is 0 Å². The predicted molar refractivity (Wildman–Crippen MR) is 62.7 cm³/mol. The Labute approximate surface area is 92.8 Å². The van der Waals surface area contributed by atoms with E-state index in [-0.39, 0.29) is 12.4 Å². The fourth-order valence-corrected chi connectivity index (χ4v) is 1.15. The molecule has 2 N–H and O–H groups in total. The second kappa shape index (κ2) is 6.00. The van der Waals surface area contributed by atoms with Gasteiger partial charge in [0.1, 0.15) is 5.84 Å². The predicted octanol–water partition coefficient (Wildman–Crippen LogP) is 2.60. The maximum absolute atomic E-state index is 5.69. The minimum Gasteiger partial charge on any atom is -0.384 e. The zero-order valence-corrected chi connectivity index (χ0v) is 9.73. The van der Waals surface area contributed by atoms with E-state index in [0.717, 1.165) is 16.6 Å². The first kappa shape index (κ1) is 12.5. The van der Waals surface area contributed by atoms with Crippen LogP contribution in [0.5, 0.6) is 0 Å². The third kappa shape index (κ3) is 3.79. The van der Waals surface area contributed by atoms with Crippen molar-refractivity contribution in [3.63, 3.8) is 0 Å². The normalized spacial score (nSPS) is 10.8. The average Bonchev–Trinajstić information content (AvgIpc) is 2.06. The van der Waals surface area contributed by atoms with Crippen molar-refractivity contribution in [2.75, 3.05) is 6.54 Å². The molecule has 0 atom stereocenters. The van der Waals surface area contributed by atoms with Crippen molar-refractivity contribution < 1.29 is 0 Å². The van der Waals surface area contributed by atoms with Crippen LogP contribution in [-0.4, -0.2) is 12.4 Å². The largest absolute Gasteiger partial charge is 0.384 e. The van der Waals surface area contributed by atoms with Crippen molar-refractivity contribution in [2.24, 2.45) is 10.7 Å². The molecule has 0 saturated carbocycles. The van der Waals surface area contributed by atoms with Gasteiger partial charge in [0, 0.05) is 16.6 Å². The highest BCUT2D eigenvalue weighted by molar-refractivity contribution is 9.10. The Balaban J connectivity index is 0.00000144. The SMILES string of the molecule is CCN=C(N)c1ccc(Br)cc1.Cl. The van der Waals surface area contributed by atoms with Gasteiger partial charge in [0.05, 0.1) is 0 Å². The van der Waals surface area contributed by atoms with Crippen LogP contribution in [0, 0.1) is 0 Å². The van der Waals surface area contributed by atoms with E-state index in [0.29, 0.717) is 5.84 Å². The first-order valence-electron chi connectivity index (χ1n) is 3.80. The molecule has 0 saturated heterocycles. The molecule has 0 aliphatic rings. The molecule has 0 aliphatic heterocycles. The van der Waals surface area contributed by atoms with Gasteiger partial charge in [-0.15, -0.1) is 12.4 Å². The topological polar surface area (TPSA) is 38.4 Å². The van der Waals surface area contributed by atoms with Gasteiger partial charge in [0.15, 0.2) is 0 Å². The molecule has 1 rings (SSSR count). The van der Waals surface area contributed by atoms with Crippen LogP contribution in [0.2, 0.25) is 0 Å². The first-order chi connectivity index (χ1) is 5.74. The van der Waals surface area contributed by atoms with Crippen molar-refractivity contribution in [3.8, 4) is 0 Å². The molecule has 0 aromatic heterocycles. The molecule has 13 heavy (non-hydrogen) atoms. The van der Waals surface area contributed by atoms with Gasteiger partial charge in [0.25, 0.3) is 0 Å². The molecule has 0 bridgehead atoms. The fraction of sp³-hybridized carbons (Fsp3) is 0.222. The second-order valence-electron chi connectivity index (χ2n) is 2.37. The number of hydrogen-bond acceptors (Lipinski definition) is 1. The van der Waals surface area contributed by atoms with Gasteiger partial charge in [-0.2, -0.15) is 0 Å². The van der Waals surface area contributed by atoms with E-state index in [1.54, 1.807) is 0 Å². The summed E-state index contributed by atoms with van der Waals surface area (Å²) < 4.78 is 1.05. The number of rotatable bonds is 2. The lowest BCUT2D eigenvalue weighted by Crippen LogP contribution is -2.13. The third-order valence-corrected chi connectivity index (χ3v) is 2.00. The number of hydrogen-bond donors (Lipinski definition) is 1. The van der Waals surface area contributed by atoms with Crippen LogP contribution in [-0.2, 0) is 0 Å². The van der Waals surface area contributed by atoms with Crippen molar-refractivity contribution in [1.82, 2.24) is 0 Å². The molecule has 1 aromatic rings. The lowest BCUT2D eigenvalue weighted by Gasteiger charge is -1.99. The number of nitrogens with two attached hydrogens (primary N) is 1. The summed E-state index contributed by atoms with van der Waals surface area (Å²) in [6.45, 7) is 2.69. The zero-order chi connectivity index (χ0) is 8.97. The Morgan fingerprint density at radius 1 is 1.38 bits per heavy atom. The summed E-state index contributed by atoms with van der Waals surface area (Å²) in [7, 11) is 0. The molecule has 1 aromatic carbocycles. The molecule has 72 valence electrons. The Kier molecular flexibility index (Phi) is 5.75. The van der Waals surface area contributed by atoms with Crippen molar-refractivity contribution in [3.05, 3.63) is 34.3 Å². The maximum Gasteiger partial charge on any atom is 0.125 e. The molecular formula is C9H12BrClN2. The molecule has 0 spiro atoms. The van der Waals surface area contributed by atoms with E-state index < -0.39 is 0 Å². The van der Waals surface area contributed by atoms with Crippen LogP contribution < -0.4 is 5.73 Å². The highest BCUT2D eigenvalue weighted by Gasteiger charge is 1.95. The zero-order valence-electron chi connectivity index (χ0n) is 7.33. The molecule has 0 heterocycles. The molecule has 0 aliphatic carbocycles. The monoisotopic (exact) mass is 262 g/mol. The molecule has 4 heteroatoms. The summed E-state index contributed by atoms with van der Waals surface area (Å²) in [5, 5.41) is 0. The molecule has 0 unspecified atom stereocenters. The molecule has 0 amide bonds. The standard InChI is InChI=1S/C9H11BrN2.ClH/c1-2-12-9(11)7-3-5-8(10)6-4-7;/h3-6H,2H2,1H3,(H2,11,12);1H. The summed E-state index contributed by atoms with van der Waals surface area (Å²) in [6.07, 6.45) is 0. The van der Waals surface area contributed by atoms with Gasteiger partial charge in [-0.1, -0.05) is 28.1 Å². The van der Waals surface area contributed by atoms with Gasteiger partial charge in [-0.05, 0) is 19.1 Å². The Morgan fingerprint density at radius 3 is 2.38 bits per heavy atom. The molecule has 2 nitrogen and oxygen atoms in total. The average molecular weight is 264 g/mol. The first-order valence-corrected chi connectivity index (χ1v) is 4.59. The molecular weight excluding hydrogens is 251 g/mol. The lowest BCUT2D eigenvalue weighted by atomic mass is 10.2. The van der Waals surface area contributed by atoms with Crippen LogP contribution >= 0.6 is 28.3 Å². The fourth-order valence-electron chi connectivity index (χ4n) is 0.882. The summed E-state index contributed by atoms with van der Waals surface area (Å²) >= 11 is 3.35. The van der Waals surface area contributed by atoms with Crippen molar-refractivity contribution >= 4 is 34.2 Å². The van der Waals surface area contributed by atoms with Gasteiger partial charge in [-0.3, -0.25) is 4.99 Å². The van der Waals surface area contributed by atoms with E-state index in [4.69, 9.17) is 5.73 Å². The van der Waals surface area contributed by atoms with E-state index in [2.05, 4.69) is 20.9 Å². The Bertz CT molecular complexity index is 282. The number of amidine groups is 1. The minimum absolute atomic E-state index is 0. The van der Waals surface area contributed by atoms with Crippen LogP contribution in [0.4, 0.5) is 0 Å². The quantitative estimate of drug-likeness (QED) is 0.646. The van der Waals surface area contributed by atoms with Gasteiger partial charge in [0.2, 0.25) is 0 Å². The van der Waals surface area contributed by atoms with Crippen LogP contribution in [0.15, 0.2) is 33.7 Å². The van der Waals surface area contributed by atoms with Gasteiger partial charge in [-0.25, -0.2) is 0 Å². The Morgan fingerprint density at radius 2 is 1.92 bits per heavy atom. The van der Waals surface area contributed by atoms with Crippen LogP contribution in [0.1, 0.15) is 12.5 Å². The van der Waals surface area contributed by atoms with Gasteiger partial charge >= 0.3 is 0 Å². The molecule has 0 fully saturated rings. The van der Waals surface area contributed by atoms with E-state index in [9.17, 15) is 0 Å². The second-order valence-corrected chi connectivity index (χ2v) is 3.28. The van der Waals surface area contributed by atoms with Crippen LogP contribution in [0.25, 0.3) is 0 Å². The van der Waals surface area contributed by atoms with Crippen LogP contribution in [0.3, 0.4) is 0 Å². The van der Waals surface area contributed by atoms with Gasteiger partial charge < -0.3 is 5.73 Å². The maximum atomic E-state index is 5.69. The highest BCUT2D eigenvalue weighted by Crippen LogP contribution is 2.09. The highest BCUT2D eigenvalue weighted by atomic mass is 79.9. The lowest BCUT2D eigenvalue weighted by molar-refractivity contribution is 1.12. The minimum atomic E-state index is 0. The number of halogens is 2. The van der Waals surface area contributed by atoms with Crippen molar-refractivity contribution in [2.45, 2.75) is 6.92 Å². The number of nitrogens with zero attached hydrogens (tertiary/aromatic N) is 1. The summed E-state index contributed by atoms with van der Waals surface area (Å²) in [5.41, 5.74) is 6.66.